The summed E-state index contributed by atoms with van der Waals surface area (Å²) in [6.45, 7) is 0. The minimum atomic E-state index is -0.940. The third-order valence-corrected chi connectivity index (χ3v) is 5.52. The van der Waals surface area contributed by atoms with Crippen LogP contribution in [0.15, 0.2) is 42.6 Å². The third kappa shape index (κ3) is 2.53. The van der Waals surface area contributed by atoms with Gasteiger partial charge in [-0.15, -0.1) is 11.3 Å². The van der Waals surface area contributed by atoms with Crippen LogP contribution in [0.5, 0.6) is 0 Å². The highest BCUT2D eigenvalue weighted by Gasteiger charge is 2.28. The second-order valence-electron chi connectivity index (χ2n) is 5.91. The number of nitrogens with one attached hydrogen (secondary N) is 1. The Morgan fingerprint density at radius 2 is 2.12 bits per heavy atom. The Morgan fingerprint density at radius 3 is 2.96 bits per heavy atom. The van der Waals surface area contributed by atoms with Gasteiger partial charge in [0.05, 0.1) is 12.1 Å². The molecule has 3 N–H and O–H groups in total. The van der Waals surface area contributed by atoms with Crippen LogP contribution in [0, 0.1) is 0 Å². The van der Waals surface area contributed by atoms with E-state index in [0.29, 0.717) is 12.2 Å². The number of thiophene rings is 1. The summed E-state index contributed by atoms with van der Waals surface area (Å²) in [5, 5.41) is 23.8. The fraction of sp³-hybridized carbons (Fsp3) is 0.222. The number of pyridine rings is 1. The first kappa shape index (κ1) is 15.1. The van der Waals surface area contributed by atoms with E-state index in [1.807, 2.05) is 24.3 Å². The van der Waals surface area contributed by atoms with Crippen molar-refractivity contribution in [1.82, 2.24) is 4.98 Å². The van der Waals surface area contributed by atoms with Gasteiger partial charge in [0, 0.05) is 16.3 Å². The van der Waals surface area contributed by atoms with Crippen LogP contribution in [0.2, 0.25) is 0 Å². The molecule has 0 amide bonds. The summed E-state index contributed by atoms with van der Waals surface area (Å²) in [6, 6.07) is 11.3. The van der Waals surface area contributed by atoms with Gasteiger partial charge in [0.15, 0.2) is 0 Å². The number of aromatic carboxylic acids is 1. The van der Waals surface area contributed by atoms with Crippen molar-refractivity contribution in [2.24, 2.45) is 0 Å². The van der Waals surface area contributed by atoms with E-state index in [-0.39, 0.29) is 10.9 Å². The molecule has 0 fully saturated rings. The molecular weight excluding hydrogens is 324 g/mol. The highest BCUT2D eigenvalue weighted by molar-refractivity contribution is 7.20. The summed E-state index contributed by atoms with van der Waals surface area (Å²) >= 11 is 1.23. The van der Waals surface area contributed by atoms with Crippen molar-refractivity contribution in [3.8, 4) is 0 Å². The highest BCUT2D eigenvalue weighted by atomic mass is 32.1. The number of aliphatic hydroxyl groups excluding tert-OH is 1. The fourth-order valence-corrected chi connectivity index (χ4v) is 4.14. The third-order valence-electron chi connectivity index (χ3n) is 4.43. The van der Waals surface area contributed by atoms with E-state index < -0.39 is 12.1 Å². The number of hydrogen-bond donors (Lipinski definition) is 3. The van der Waals surface area contributed by atoms with Crippen LogP contribution in [-0.4, -0.2) is 27.3 Å². The minimum Gasteiger partial charge on any atom is -0.477 e. The number of aliphatic hydroxyl groups is 1. The van der Waals surface area contributed by atoms with E-state index >= 15 is 0 Å². The molecule has 4 rings (SSSR count). The van der Waals surface area contributed by atoms with Gasteiger partial charge >= 0.3 is 5.97 Å². The van der Waals surface area contributed by atoms with Crippen molar-refractivity contribution >= 4 is 33.2 Å². The van der Waals surface area contributed by atoms with Crippen LogP contribution in [0.4, 0.5) is 5.82 Å². The molecule has 6 heteroatoms. The number of fused-ring (bicyclic) bond motifs is 2. The van der Waals surface area contributed by atoms with Gasteiger partial charge < -0.3 is 15.5 Å². The molecule has 0 spiro atoms. The minimum absolute atomic E-state index is 0.249. The smallest absolute Gasteiger partial charge is 0.345 e. The second-order valence-corrected chi connectivity index (χ2v) is 7.00. The lowest BCUT2D eigenvalue weighted by atomic mass is 9.85. The molecule has 0 aliphatic heterocycles. The molecule has 1 aliphatic carbocycles. The molecule has 0 saturated carbocycles. The first-order valence-corrected chi connectivity index (χ1v) is 8.59. The van der Waals surface area contributed by atoms with Crippen LogP contribution in [-0.2, 0) is 6.42 Å². The van der Waals surface area contributed by atoms with Crippen molar-refractivity contribution in [1.29, 1.82) is 0 Å². The number of carboxylic acid groups (broad SMARTS) is 1. The molecule has 5 nitrogen and oxygen atoms in total. The van der Waals surface area contributed by atoms with Gasteiger partial charge in [-0.25, -0.2) is 9.78 Å². The zero-order valence-corrected chi connectivity index (χ0v) is 13.6. The molecule has 1 aromatic carbocycles. The van der Waals surface area contributed by atoms with Gasteiger partial charge in [0.25, 0.3) is 0 Å². The number of carboxylic acids is 1. The molecule has 24 heavy (non-hydrogen) atoms. The number of hydrogen-bond acceptors (Lipinski definition) is 5. The Balaban J connectivity index is 1.75. The predicted molar refractivity (Wildman–Crippen MR) is 93.7 cm³/mol. The Hall–Kier alpha value is -2.44. The van der Waals surface area contributed by atoms with Crippen molar-refractivity contribution in [3.63, 3.8) is 0 Å². The summed E-state index contributed by atoms with van der Waals surface area (Å²) in [7, 11) is 0. The zero-order chi connectivity index (χ0) is 16.7. The Kier molecular flexibility index (Phi) is 3.70. The first-order valence-electron chi connectivity index (χ1n) is 7.78. The van der Waals surface area contributed by atoms with Crippen LogP contribution in [0.25, 0.3) is 10.1 Å². The zero-order valence-electron chi connectivity index (χ0n) is 12.8. The number of aromatic nitrogens is 1. The number of carbonyl (C=O) groups is 1. The standard InChI is InChI=1S/C18H16N2O3S/c21-13-6-5-10-3-1-2-4-11(10)16(13)20-17-12-9-15(18(22)23)24-14(12)7-8-19-17/h1-4,7-9,13,16,21H,5-6H2,(H,19,20)(H,22,23)/t13-,16+/m1/s1. The van der Waals surface area contributed by atoms with Gasteiger partial charge in [0.2, 0.25) is 0 Å². The molecule has 2 heterocycles. The van der Waals surface area contributed by atoms with E-state index in [0.717, 1.165) is 22.1 Å². The summed E-state index contributed by atoms with van der Waals surface area (Å²) in [5.74, 6) is -0.331. The fourth-order valence-electron chi connectivity index (χ4n) is 3.25. The van der Waals surface area contributed by atoms with Crippen LogP contribution in [0.3, 0.4) is 0 Å². The lowest BCUT2D eigenvalue weighted by Crippen LogP contribution is -2.31. The van der Waals surface area contributed by atoms with Gasteiger partial charge in [-0.1, -0.05) is 24.3 Å². The van der Waals surface area contributed by atoms with Gasteiger partial charge in [-0.2, -0.15) is 0 Å². The first-order chi connectivity index (χ1) is 11.6. The highest BCUT2D eigenvalue weighted by Crippen LogP contribution is 2.36. The largest absolute Gasteiger partial charge is 0.477 e. The Bertz CT molecular complexity index is 922. The second kappa shape index (κ2) is 5.89. The van der Waals surface area contributed by atoms with E-state index in [2.05, 4.69) is 16.4 Å². The van der Waals surface area contributed by atoms with Crippen molar-refractivity contribution in [2.45, 2.75) is 25.0 Å². The van der Waals surface area contributed by atoms with Gasteiger partial charge in [-0.3, -0.25) is 0 Å². The maximum atomic E-state index is 11.2. The monoisotopic (exact) mass is 340 g/mol. The molecule has 0 saturated heterocycles. The topological polar surface area (TPSA) is 82.5 Å². The summed E-state index contributed by atoms with van der Waals surface area (Å²) in [6.07, 6.45) is 2.70. The normalized spacial score (nSPS) is 19.9. The molecular formula is C18H16N2O3S. The van der Waals surface area contributed by atoms with E-state index in [9.17, 15) is 15.0 Å². The molecule has 0 unspecified atom stereocenters. The Labute approximate surface area is 142 Å². The lowest BCUT2D eigenvalue weighted by Gasteiger charge is -2.31. The quantitative estimate of drug-likeness (QED) is 0.680. The Morgan fingerprint density at radius 1 is 1.29 bits per heavy atom. The predicted octanol–water partition coefficient (Wildman–Crippen LogP) is 3.45. The van der Waals surface area contributed by atoms with Crippen LogP contribution >= 0.6 is 11.3 Å². The number of aryl methyl sites for hydroxylation is 1. The van der Waals surface area contributed by atoms with E-state index in [4.69, 9.17) is 0 Å². The molecule has 122 valence electrons. The molecule has 0 bridgehead atoms. The van der Waals surface area contributed by atoms with E-state index in [1.165, 1.54) is 16.9 Å². The summed E-state index contributed by atoms with van der Waals surface area (Å²) in [4.78, 5) is 15.9. The number of benzene rings is 1. The van der Waals surface area contributed by atoms with Crippen LogP contribution in [0.1, 0.15) is 33.3 Å². The molecule has 1 aliphatic rings. The average Bonchev–Trinajstić information content (AvgIpc) is 3.03. The number of nitrogens with zero attached hydrogens (tertiary/aromatic N) is 1. The SMILES string of the molecule is O=C(O)c1cc2c(N[C@H]3c4ccccc4CC[C@H]3O)nccc2s1. The number of rotatable bonds is 3. The van der Waals surface area contributed by atoms with Crippen LogP contribution < -0.4 is 5.32 Å². The molecule has 3 aromatic rings. The van der Waals surface area contributed by atoms with Gasteiger partial charge in [-0.05, 0) is 36.1 Å². The van der Waals surface area contributed by atoms with Crippen molar-refractivity contribution in [2.75, 3.05) is 5.32 Å². The number of anilines is 1. The van der Waals surface area contributed by atoms with E-state index in [1.54, 1.807) is 12.3 Å². The molecule has 0 radical (unpaired) electrons. The summed E-state index contributed by atoms with van der Waals surface area (Å²) in [5.41, 5.74) is 2.30. The lowest BCUT2D eigenvalue weighted by molar-refractivity contribution is 0.0702. The van der Waals surface area contributed by atoms with Gasteiger partial charge in [0.1, 0.15) is 10.7 Å². The molecule has 2 aromatic heterocycles. The molecule has 2 atom stereocenters. The maximum Gasteiger partial charge on any atom is 0.345 e. The summed E-state index contributed by atoms with van der Waals surface area (Å²) < 4.78 is 0.864. The van der Waals surface area contributed by atoms with Crippen molar-refractivity contribution < 1.29 is 15.0 Å². The van der Waals surface area contributed by atoms with Crippen molar-refractivity contribution in [3.05, 3.63) is 58.6 Å². The maximum absolute atomic E-state index is 11.2. The average molecular weight is 340 g/mol.